The van der Waals surface area contributed by atoms with Gasteiger partial charge in [-0.25, -0.2) is 14.2 Å². The van der Waals surface area contributed by atoms with Crippen molar-refractivity contribution in [3.8, 4) is 22.3 Å². The molecule has 0 radical (unpaired) electrons. The van der Waals surface area contributed by atoms with Crippen LogP contribution in [0.2, 0.25) is 0 Å². The molecule has 10 nitrogen and oxygen atoms in total. The fourth-order valence-electron chi connectivity index (χ4n) is 5.38. The molecule has 0 saturated heterocycles. The number of rotatable bonds is 13. The number of amides is 1. The standard InChI is InChI=1S/C34H36FN3O7.Na/c1-20(2)38-27(15-14-25(39)17-26(40)18-29(41)42)30(22-9-12-24(35)13-10-22)31(21-7-5-4-6-8-21)32(38)33(43)37-28-16-11-23(19-36-28)34(44)45-3;/h4-13,16,19-20,25-26,39-40H,14-15,17-18H2,1-3H3,(H,41,42)(H,36,37,43);/q;+1/p-1/t25-,26-;/m1./s1. The van der Waals surface area contributed by atoms with Crippen LogP contribution in [-0.4, -0.2) is 56.9 Å². The van der Waals surface area contributed by atoms with Gasteiger partial charge in [0.25, 0.3) is 5.91 Å². The molecule has 2 aromatic carbocycles. The number of ether oxygens (including phenoxy) is 1. The summed E-state index contributed by atoms with van der Waals surface area (Å²) in [5, 5.41) is 34.5. The third-order valence-electron chi connectivity index (χ3n) is 7.32. The number of esters is 1. The van der Waals surface area contributed by atoms with Gasteiger partial charge in [0, 0.05) is 41.4 Å². The summed E-state index contributed by atoms with van der Waals surface area (Å²) in [6, 6.07) is 17.9. The number of carbonyl (C=O) groups is 3. The Morgan fingerprint density at radius 3 is 2.17 bits per heavy atom. The van der Waals surface area contributed by atoms with Crippen molar-refractivity contribution in [1.82, 2.24) is 9.55 Å². The van der Waals surface area contributed by atoms with Crippen LogP contribution in [-0.2, 0) is 16.0 Å². The van der Waals surface area contributed by atoms with E-state index in [4.69, 9.17) is 4.74 Å². The first-order valence-electron chi connectivity index (χ1n) is 14.5. The Morgan fingerprint density at radius 1 is 0.957 bits per heavy atom. The van der Waals surface area contributed by atoms with E-state index in [9.17, 15) is 34.1 Å². The number of benzene rings is 2. The number of hydrogen-bond acceptors (Lipinski definition) is 8. The van der Waals surface area contributed by atoms with Crippen molar-refractivity contribution in [3.05, 3.63) is 95.7 Å². The molecule has 4 aromatic rings. The number of anilines is 1. The van der Waals surface area contributed by atoms with E-state index in [1.807, 2.05) is 48.7 Å². The zero-order chi connectivity index (χ0) is 32.7. The van der Waals surface area contributed by atoms with E-state index in [-0.39, 0.29) is 66.2 Å². The Hall–Kier alpha value is -3.87. The molecule has 2 aromatic heterocycles. The third-order valence-corrected chi connectivity index (χ3v) is 7.32. The summed E-state index contributed by atoms with van der Waals surface area (Å²) in [7, 11) is 1.26. The zero-order valence-corrected chi connectivity index (χ0v) is 28.2. The Balaban J connectivity index is 0.00000576. The van der Waals surface area contributed by atoms with Gasteiger partial charge >= 0.3 is 35.5 Å². The van der Waals surface area contributed by atoms with Crippen molar-refractivity contribution in [2.75, 3.05) is 12.4 Å². The average Bonchev–Trinajstić information content (AvgIpc) is 3.36. The molecule has 0 aliphatic rings. The monoisotopic (exact) mass is 639 g/mol. The Morgan fingerprint density at radius 2 is 1.61 bits per heavy atom. The largest absolute Gasteiger partial charge is 1.00 e. The van der Waals surface area contributed by atoms with Crippen LogP contribution in [0.1, 0.15) is 65.7 Å². The SMILES string of the molecule is COC(=O)c1ccc(NC(=O)c2c(-c3ccccc3)c(-c3ccc(F)cc3)c(CC[C@@H](O)C[C@@H](O)CC(=O)[O-])n2C(C)C)nc1.[Na+]. The van der Waals surface area contributed by atoms with E-state index < -0.39 is 42.3 Å². The predicted octanol–water partition coefficient (Wildman–Crippen LogP) is 1.16. The molecule has 0 fully saturated rings. The van der Waals surface area contributed by atoms with Crippen molar-refractivity contribution in [3.63, 3.8) is 0 Å². The maximum atomic E-state index is 14.2. The topological polar surface area (TPSA) is 154 Å². The number of pyridine rings is 1. The predicted molar refractivity (Wildman–Crippen MR) is 164 cm³/mol. The van der Waals surface area contributed by atoms with Crippen molar-refractivity contribution in [2.45, 2.75) is 57.8 Å². The fourth-order valence-corrected chi connectivity index (χ4v) is 5.38. The van der Waals surface area contributed by atoms with E-state index in [2.05, 4.69) is 10.3 Å². The van der Waals surface area contributed by atoms with Gasteiger partial charge in [-0.15, -0.1) is 0 Å². The molecule has 0 unspecified atom stereocenters. The van der Waals surface area contributed by atoms with Gasteiger partial charge in [0.15, 0.2) is 0 Å². The number of aliphatic hydroxyl groups excluding tert-OH is 2. The number of methoxy groups -OCH3 is 1. The third kappa shape index (κ3) is 8.89. The van der Waals surface area contributed by atoms with Crippen molar-refractivity contribution in [1.29, 1.82) is 0 Å². The number of carboxylic acid groups (broad SMARTS) is 1. The van der Waals surface area contributed by atoms with Crippen molar-refractivity contribution < 1.29 is 68.4 Å². The van der Waals surface area contributed by atoms with Gasteiger partial charge in [-0.1, -0.05) is 42.5 Å². The summed E-state index contributed by atoms with van der Waals surface area (Å²) in [6.45, 7) is 3.82. The van der Waals surface area contributed by atoms with Crippen LogP contribution in [0.15, 0.2) is 72.9 Å². The van der Waals surface area contributed by atoms with Gasteiger partial charge in [0.05, 0.1) is 24.9 Å². The number of nitrogens with one attached hydrogen (secondary N) is 1. The van der Waals surface area contributed by atoms with Crippen LogP contribution in [0.5, 0.6) is 0 Å². The second-order valence-electron chi connectivity index (χ2n) is 10.9. The number of aliphatic hydroxyl groups is 2. The molecule has 12 heteroatoms. The Kier molecular flexibility index (Phi) is 13.2. The molecule has 4 rings (SSSR count). The normalized spacial score (nSPS) is 12.2. The second kappa shape index (κ2) is 16.6. The summed E-state index contributed by atoms with van der Waals surface area (Å²) in [5.41, 5.74) is 3.82. The maximum Gasteiger partial charge on any atom is 1.00 e. The first kappa shape index (κ1) is 36.6. The van der Waals surface area contributed by atoms with Crippen LogP contribution in [0.25, 0.3) is 22.3 Å². The van der Waals surface area contributed by atoms with Crippen LogP contribution in [0, 0.1) is 5.82 Å². The minimum absolute atomic E-state index is 0. The van der Waals surface area contributed by atoms with Gasteiger partial charge in [-0.05, 0) is 68.5 Å². The molecule has 2 heterocycles. The van der Waals surface area contributed by atoms with E-state index in [0.717, 1.165) is 5.56 Å². The summed E-state index contributed by atoms with van der Waals surface area (Å²) in [5.74, 6) is -2.70. The minimum Gasteiger partial charge on any atom is -0.550 e. The van der Waals surface area contributed by atoms with Gasteiger partial charge in [-0.2, -0.15) is 0 Å². The summed E-state index contributed by atoms with van der Waals surface area (Å²) in [4.78, 5) is 41.2. The first-order valence-corrected chi connectivity index (χ1v) is 14.5. The Bertz CT molecular complexity index is 1640. The quantitative estimate of drug-likeness (QED) is 0.146. The number of hydrogen-bond donors (Lipinski definition) is 3. The first-order chi connectivity index (χ1) is 21.5. The van der Waals surface area contributed by atoms with Gasteiger partial charge in [-0.3, -0.25) is 4.79 Å². The van der Waals surface area contributed by atoms with Crippen LogP contribution in [0.4, 0.5) is 10.2 Å². The minimum atomic E-state index is -1.42. The van der Waals surface area contributed by atoms with Gasteiger partial charge in [0.2, 0.25) is 0 Å². The van der Waals surface area contributed by atoms with Crippen LogP contribution >= 0.6 is 0 Å². The molecule has 46 heavy (non-hydrogen) atoms. The zero-order valence-electron chi connectivity index (χ0n) is 26.2. The van der Waals surface area contributed by atoms with E-state index in [0.29, 0.717) is 28.1 Å². The Labute approximate surface area is 288 Å². The molecule has 0 saturated carbocycles. The molecule has 1 amide bonds. The molecule has 0 aliphatic heterocycles. The number of nitrogens with zero attached hydrogens (tertiary/aromatic N) is 2. The fraction of sp³-hybridized carbons (Fsp3) is 0.294. The van der Waals surface area contributed by atoms with E-state index >= 15 is 0 Å². The number of aromatic nitrogens is 2. The van der Waals surface area contributed by atoms with Crippen LogP contribution in [0.3, 0.4) is 0 Å². The van der Waals surface area contributed by atoms with Crippen molar-refractivity contribution in [2.24, 2.45) is 0 Å². The maximum absolute atomic E-state index is 14.2. The average molecular weight is 640 g/mol. The number of carboxylic acids is 1. The number of aliphatic carboxylic acids is 1. The number of halogens is 1. The summed E-state index contributed by atoms with van der Waals surface area (Å²) in [6.07, 6.45) is -1.42. The molecule has 0 bridgehead atoms. The van der Waals surface area contributed by atoms with Gasteiger partial charge in [0.1, 0.15) is 17.3 Å². The number of carbonyl (C=O) groups excluding carboxylic acids is 3. The van der Waals surface area contributed by atoms with E-state index in [1.54, 1.807) is 12.1 Å². The van der Waals surface area contributed by atoms with Crippen LogP contribution < -0.4 is 40.0 Å². The molecular formula is C34H35FN3NaO7. The molecule has 236 valence electrons. The van der Waals surface area contributed by atoms with Crippen molar-refractivity contribution >= 4 is 23.7 Å². The smallest absolute Gasteiger partial charge is 0.550 e. The van der Waals surface area contributed by atoms with Gasteiger partial charge < -0.3 is 34.7 Å². The molecule has 3 N–H and O–H groups in total. The summed E-state index contributed by atoms with van der Waals surface area (Å²) >= 11 is 0. The molecular weight excluding hydrogens is 604 g/mol. The molecule has 2 atom stereocenters. The summed E-state index contributed by atoms with van der Waals surface area (Å²) < 4.78 is 20.7. The second-order valence-corrected chi connectivity index (χ2v) is 10.9. The molecule has 0 aliphatic carbocycles. The van der Waals surface area contributed by atoms with E-state index in [1.165, 1.54) is 37.6 Å². The molecule has 0 spiro atoms.